The number of allylic oxidation sites excluding steroid dienone is 1. The van der Waals surface area contributed by atoms with Crippen molar-refractivity contribution in [2.45, 2.75) is 18.4 Å². The molecule has 1 amide bonds. The van der Waals surface area contributed by atoms with Crippen LogP contribution in [0, 0.1) is 0 Å². The average molecular weight is 362 g/mol. The van der Waals surface area contributed by atoms with Gasteiger partial charge >= 0.3 is 0 Å². The number of nitrogens with zero attached hydrogens (tertiary/aromatic N) is 1. The number of benzene rings is 2. The minimum atomic E-state index is -0.199. The lowest BCUT2D eigenvalue weighted by Gasteiger charge is -2.30. The maximum absolute atomic E-state index is 12.6. The maximum Gasteiger partial charge on any atom is 0.254 e. The molecule has 3 nitrogen and oxygen atoms in total. The van der Waals surface area contributed by atoms with E-state index in [1.807, 2.05) is 18.2 Å². The lowest BCUT2D eigenvalue weighted by atomic mass is 9.84. The van der Waals surface area contributed by atoms with Gasteiger partial charge in [-0.25, -0.2) is 0 Å². The molecule has 124 valence electrons. The minimum absolute atomic E-state index is 0.0331. The molecule has 1 N–H and O–H groups in total. The van der Waals surface area contributed by atoms with Crippen LogP contribution in [0.3, 0.4) is 0 Å². The zero-order valence-electron chi connectivity index (χ0n) is 13.2. The van der Waals surface area contributed by atoms with E-state index in [0.717, 1.165) is 11.1 Å². The van der Waals surface area contributed by atoms with Crippen LogP contribution in [0.2, 0.25) is 10.0 Å². The molecule has 0 bridgehead atoms. The normalized spacial score (nSPS) is 17.7. The number of amides is 1. The first-order valence-corrected chi connectivity index (χ1v) is 8.35. The zero-order valence-corrected chi connectivity index (χ0v) is 14.7. The fourth-order valence-electron chi connectivity index (χ4n) is 3.37. The van der Waals surface area contributed by atoms with E-state index in [4.69, 9.17) is 23.2 Å². The molecule has 0 spiro atoms. The number of phenolic OH excluding ortho intramolecular Hbond substituents is 1. The molecular weight excluding hydrogens is 345 g/mol. The lowest BCUT2D eigenvalue weighted by Crippen LogP contribution is -2.27. The van der Waals surface area contributed by atoms with Crippen molar-refractivity contribution in [1.29, 1.82) is 0 Å². The third-order valence-electron chi connectivity index (χ3n) is 4.50. The van der Waals surface area contributed by atoms with E-state index in [1.54, 1.807) is 30.1 Å². The molecule has 2 aromatic carbocycles. The first-order valence-electron chi connectivity index (χ1n) is 7.60. The number of carbonyl (C=O) groups is 1. The molecule has 1 aliphatic heterocycles. The second-order valence-corrected chi connectivity index (χ2v) is 6.75. The van der Waals surface area contributed by atoms with E-state index in [-0.39, 0.29) is 23.6 Å². The van der Waals surface area contributed by atoms with E-state index in [2.05, 4.69) is 6.58 Å². The molecule has 0 saturated carbocycles. The van der Waals surface area contributed by atoms with E-state index in [0.29, 0.717) is 22.0 Å². The van der Waals surface area contributed by atoms with Crippen molar-refractivity contribution in [1.82, 2.24) is 4.90 Å². The Morgan fingerprint density at radius 3 is 2.67 bits per heavy atom. The highest BCUT2D eigenvalue weighted by Crippen LogP contribution is 2.45. The molecule has 0 radical (unpaired) electrons. The summed E-state index contributed by atoms with van der Waals surface area (Å²) in [7, 11) is 1.78. The van der Waals surface area contributed by atoms with E-state index < -0.39 is 0 Å². The monoisotopic (exact) mass is 361 g/mol. The van der Waals surface area contributed by atoms with Crippen LogP contribution in [-0.2, 0) is 0 Å². The first kappa shape index (κ1) is 16.9. The van der Waals surface area contributed by atoms with E-state index in [9.17, 15) is 9.90 Å². The number of fused-ring (bicyclic) bond motifs is 1. The van der Waals surface area contributed by atoms with Gasteiger partial charge in [0.15, 0.2) is 0 Å². The van der Waals surface area contributed by atoms with Crippen molar-refractivity contribution < 1.29 is 9.90 Å². The molecule has 0 saturated heterocycles. The predicted molar refractivity (Wildman–Crippen MR) is 97.0 cm³/mol. The largest absolute Gasteiger partial charge is 0.508 e. The SMILES string of the molecule is C=CCC(c1ccc(Cl)c(Cl)c1)C1c2cc(O)ccc2C(=O)N1C. The Hall–Kier alpha value is -1.97. The molecule has 2 atom stereocenters. The summed E-state index contributed by atoms with van der Waals surface area (Å²) >= 11 is 12.2. The third kappa shape index (κ3) is 2.79. The van der Waals surface area contributed by atoms with Gasteiger partial charge in [-0.1, -0.05) is 35.3 Å². The summed E-state index contributed by atoms with van der Waals surface area (Å²) in [6.45, 7) is 3.84. The number of aromatic hydroxyl groups is 1. The van der Waals surface area contributed by atoms with Crippen molar-refractivity contribution >= 4 is 29.1 Å². The third-order valence-corrected chi connectivity index (χ3v) is 5.23. The Morgan fingerprint density at radius 1 is 1.25 bits per heavy atom. The fraction of sp³-hybridized carbons (Fsp3) is 0.211. The highest BCUT2D eigenvalue weighted by molar-refractivity contribution is 6.42. The fourth-order valence-corrected chi connectivity index (χ4v) is 3.68. The summed E-state index contributed by atoms with van der Waals surface area (Å²) in [5.74, 6) is 0.0618. The summed E-state index contributed by atoms with van der Waals surface area (Å²) in [4.78, 5) is 14.3. The van der Waals surface area contributed by atoms with E-state index >= 15 is 0 Å². The summed E-state index contributed by atoms with van der Waals surface area (Å²) < 4.78 is 0. The molecule has 2 unspecified atom stereocenters. The number of hydrogen-bond donors (Lipinski definition) is 1. The van der Waals surface area contributed by atoms with Gasteiger partial charge in [0.05, 0.1) is 16.1 Å². The lowest BCUT2D eigenvalue weighted by molar-refractivity contribution is 0.0755. The summed E-state index contributed by atoms with van der Waals surface area (Å²) in [5.41, 5.74) is 2.42. The van der Waals surface area contributed by atoms with Crippen LogP contribution >= 0.6 is 23.2 Å². The van der Waals surface area contributed by atoms with Gasteiger partial charge < -0.3 is 10.0 Å². The quantitative estimate of drug-likeness (QED) is 0.761. The summed E-state index contributed by atoms with van der Waals surface area (Å²) in [5, 5.41) is 10.8. The Kier molecular flexibility index (Phi) is 4.57. The van der Waals surface area contributed by atoms with Crippen LogP contribution in [0.15, 0.2) is 49.1 Å². The number of phenols is 1. The smallest absolute Gasteiger partial charge is 0.254 e. The van der Waals surface area contributed by atoms with Crippen LogP contribution < -0.4 is 0 Å². The van der Waals surface area contributed by atoms with Crippen LogP contribution in [0.5, 0.6) is 5.75 Å². The van der Waals surface area contributed by atoms with Gasteiger partial charge in [0.2, 0.25) is 0 Å². The molecule has 2 aromatic rings. The van der Waals surface area contributed by atoms with Gasteiger partial charge in [0, 0.05) is 18.5 Å². The van der Waals surface area contributed by atoms with Crippen LogP contribution in [0.4, 0.5) is 0 Å². The molecule has 0 fully saturated rings. The van der Waals surface area contributed by atoms with Crippen molar-refractivity contribution in [2.75, 3.05) is 7.05 Å². The molecule has 1 heterocycles. The molecule has 0 aliphatic carbocycles. The van der Waals surface area contributed by atoms with Gasteiger partial charge in [-0.2, -0.15) is 0 Å². The van der Waals surface area contributed by atoms with Crippen molar-refractivity contribution in [3.05, 3.63) is 75.8 Å². The molecule has 1 aliphatic rings. The number of carbonyl (C=O) groups excluding carboxylic acids is 1. The van der Waals surface area contributed by atoms with Gasteiger partial charge in [-0.3, -0.25) is 4.79 Å². The molecule has 0 aromatic heterocycles. The number of likely N-dealkylation sites (N-methyl/N-ethyl adjacent to an activating group) is 1. The highest BCUT2D eigenvalue weighted by Gasteiger charge is 2.39. The Morgan fingerprint density at radius 2 is 2.00 bits per heavy atom. The maximum atomic E-state index is 12.6. The topological polar surface area (TPSA) is 40.5 Å². The van der Waals surface area contributed by atoms with Crippen LogP contribution in [0.25, 0.3) is 0 Å². The van der Waals surface area contributed by atoms with Crippen LogP contribution in [-0.4, -0.2) is 23.0 Å². The predicted octanol–water partition coefficient (Wildman–Crippen LogP) is 5.19. The first-order chi connectivity index (χ1) is 11.4. The van der Waals surface area contributed by atoms with Gasteiger partial charge in [-0.15, -0.1) is 6.58 Å². The molecule has 5 heteroatoms. The Labute approximate surface area is 151 Å². The van der Waals surface area contributed by atoms with Gasteiger partial charge in [0.1, 0.15) is 5.75 Å². The molecule has 3 rings (SSSR count). The number of rotatable bonds is 4. The Balaban J connectivity index is 2.12. The molecular formula is C19H17Cl2NO2. The van der Waals surface area contributed by atoms with Crippen molar-refractivity contribution in [2.24, 2.45) is 0 Å². The number of hydrogen-bond acceptors (Lipinski definition) is 2. The van der Waals surface area contributed by atoms with Crippen LogP contribution in [0.1, 0.15) is 39.9 Å². The second-order valence-electron chi connectivity index (χ2n) is 5.94. The average Bonchev–Trinajstić information content (AvgIpc) is 2.79. The van der Waals surface area contributed by atoms with Gasteiger partial charge in [0.25, 0.3) is 5.91 Å². The van der Waals surface area contributed by atoms with E-state index in [1.165, 1.54) is 6.07 Å². The Bertz CT molecular complexity index is 819. The number of halogens is 2. The van der Waals surface area contributed by atoms with Crippen molar-refractivity contribution in [3.8, 4) is 5.75 Å². The van der Waals surface area contributed by atoms with Crippen molar-refractivity contribution in [3.63, 3.8) is 0 Å². The summed E-state index contributed by atoms with van der Waals surface area (Å²) in [6.07, 6.45) is 2.49. The standard InChI is InChI=1S/C19H17Cl2NO2/c1-3-4-13(11-5-8-16(20)17(21)9-11)18-15-10-12(23)6-7-14(15)19(24)22(18)2/h3,5-10,13,18,23H,1,4H2,2H3. The molecule has 24 heavy (non-hydrogen) atoms. The summed E-state index contributed by atoms with van der Waals surface area (Å²) in [6, 6.07) is 10.2. The zero-order chi connectivity index (χ0) is 17.4. The van der Waals surface area contributed by atoms with Gasteiger partial charge in [-0.05, 0) is 47.9 Å². The second kappa shape index (κ2) is 6.50. The highest BCUT2D eigenvalue weighted by atomic mass is 35.5. The minimum Gasteiger partial charge on any atom is -0.508 e.